The van der Waals surface area contributed by atoms with Gasteiger partial charge in [-0.05, 0) is 32.1 Å². The highest BCUT2D eigenvalue weighted by Crippen LogP contribution is 2.38. The SMILES string of the molecule is CCCCCCC(C)(CCCCC)N1CC2CC(C)C(C1)O2. The van der Waals surface area contributed by atoms with Crippen LogP contribution >= 0.6 is 0 Å². The molecule has 0 saturated carbocycles. The smallest absolute Gasteiger partial charge is 0.0733 e. The number of likely N-dealkylation sites (tertiary alicyclic amines) is 1. The summed E-state index contributed by atoms with van der Waals surface area (Å²) in [4.78, 5) is 2.82. The van der Waals surface area contributed by atoms with E-state index in [2.05, 4.69) is 32.6 Å². The number of hydrogen-bond donors (Lipinski definition) is 0. The summed E-state index contributed by atoms with van der Waals surface area (Å²) >= 11 is 0. The molecule has 4 atom stereocenters. The zero-order chi connectivity index (χ0) is 16.0. The molecule has 0 aromatic rings. The van der Waals surface area contributed by atoms with Gasteiger partial charge >= 0.3 is 0 Å². The normalized spacial score (nSPS) is 31.4. The molecule has 130 valence electrons. The van der Waals surface area contributed by atoms with E-state index in [0.29, 0.717) is 17.7 Å². The van der Waals surface area contributed by atoms with Gasteiger partial charge in [-0.2, -0.15) is 0 Å². The Labute approximate surface area is 139 Å². The highest BCUT2D eigenvalue weighted by atomic mass is 16.5. The Morgan fingerprint density at radius 2 is 1.59 bits per heavy atom. The van der Waals surface area contributed by atoms with Gasteiger partial charge < -0.3 is 4.74 Å². The van der Waals surface area contributed by atoms with Crippen LogP contribution in [0, 0.1) is 5.92 Å². The predicted octanol–water partition coefficient (Wildman–Crippen LogP) is 5.41. The van der Waals surface area contributed by atoms with Gasteiger partial charge in [0.15, 0.2) is 0 Å². The van der Waals surface area contributed by atoms with E-state index in [1.807, 2.05) is 0 Å². The molecule has 2 saturated heterocycles. The Bertz CT molecular complexity index is 317. The lowest BCUT2D eigenvalue weighted by Gasteiger charge is -2.46. The Kier molecular flexibility index (Phi) is 7.21. The third kappa shape index (κ3) is 4.71. The number of hydrogen-bond acceptors (Lipinski definition) is 2. The first-order chi connectivity index (χ1) is 10.6. The third-order valence-corrected chi connectivity index (χ3v) is 6.11. The zero-order valence-corrected chi connectivity index (χ0v) is 15.6. The molecule has 0 spiro atoms. The Balaban J connectivity index is 1.93. The maximum Gasteiger partial charge on any atom is 0.0733 e. The minimum atomic E-state index is 0.410. The standard InChI is InChI=1S/C20H39NO/c1-5-7-9-11-13-20(4,12-10-8-6-2)21-15-18-14-17(3)19(16-21)22-18/h17-19H,5-16H2,1-4H3. The highest BCUT2D eigenvalue weighted by Gasteiger charge is 2.44. The average Bonchev–Trinajstić information content (AvgIpc) is 2.76. The van der Waals surface area contributed by atoms with Crippen molar-refractivity contribution < 1.29 is 4.74 Å². The van der Waals surface area contributed by atoms with Crippen LogP contribution in [0.1, 0.15) is 91.9 Å². The molecule has 22 heavy (non-hydrogen) atoms. The summed E-state index contributed by atoms with van der Waals surface area (Å²) in [7, 11) is 0. The van der Waals surface area contributed by atoms with Gasteiger partial charge in [0.05, 0.1) is 12.2 Å². The van der Waals surface area contributed by atoms with E-state index in [9.17, 15) is 0 Å². The molecule has 0 N–H and O–H groups in total. The third-order valence-electron chi connectivity index (χ3n) is 6.11. The van der Waals surface area contributed by atoms with Gasteiger partial charge in [0.2, 0.25) is 0 Å². The lowest BCUT2D eigenvalue weighted by molar-refractivity contribution is -0.0846. The monoisotopic (exact) mass is 309 g/mol. The molecule has 2 fully saturated rings. The summed E-state index contributed by atoms with van der Waals surface area (Å²) in [5.74, 6) is 0.759. The van der Waals surface area contributed by atoms with Gasteiger partial charge in [0.25, 0.3) is 0 Å². The summed E-state index contributed by atoms with van der Waals surface area (Å²) in [6.45, 7) is 11.9. The molecular weight excluding hydrogens is 270 g/mol. The van der Waals surface area contributed by atoms with Crippen LogP contribution in [0.3, 0.4) is 0 Å². The fourth-order valence-electron chi connectivity index (χ4n) is 4.45. The topological polar surface area (TPSA) is 12.5 Å². The summed E-state index contributed by atoms with van der Waals surface area (Å²) < 4.78 is 6.16. The zero-order valence-electron chi connectivity index (χ0n) is 15.6. The molecule has 2 heterocycles. The van der Waals surface area contributed by atoms with Crippen LogP contribution in [-0.4, -0.2) is 35.7 Å². The van der Waals surface area contributed by atoms with Crippen LogP contribution in [0.5, 0.6) is 0 Å². The largest absolute Gasteiger partial charge is 0.372 e. The molecule has 0 aromatic carbocycles. The number of fused-ring (bicyclic) bond motifs is 2. The van der Waals surface area contributed by atoms with Crippen LogP contribution in [0.25, 0.3) is 0 Å². The first kappa shape index (κ1) is 18.3. The lowest BCUT2D eigenvalue weighted by atomic mass is 9.85. The van der Waals surface area contributed by atoms with E-state index in [4.69, 9.17) is 4.74 Å². The van der Waals surface area contributed by atoms with Crippen molar-refractivity contribution in [1.29, 1.82) is 0 Å². The Hall–Kier alpha value is -0.0800. The molecule has 0 amide bonds. The number of unbranched alkanes of at least 4 members (excludes halogenated alkanes) is 5. The van der Waals surface area contributed by atoms with Crippen LogP contribution in [0.15, 0.2) is 0 Å². The van der Waals surface area contributed by atoms with E-state index in [1.54, 1.807) is 0 Å². The van der Waals surface area contributed by atoms with Crippen molar-refractivity contribution in [2.45, 2.75) is 110 Å². The van der Waals surface area contributed by atoms with Gasteiger partial charge in [-0.25, -0.2) is 0 Å². The first-order valence-corrected chi connectivity index (χ1v) is 9.99. The summed E-state index contributed by atoms with van der Waals surface area (Å²) in [5.41, 5.74) is 0.410. The molecule has 0 aromatic heterocycles. The molecule has 2 aliphatic rings. The average molecular weight is 310 g/mol. The maximum absolute atomic E-state index is 6.16. The van der Waals surface area contributed by atoms with E-state index in [0.717, 1.165) is 5.92 Å². The number of morpholine rings is 1. The molecule has 0 radical (unpaired) electrons. The molecule has 2 rings (SSSR count). The Morgan fingerprint density at radius 3 is 2.23 bits per heavy atom. The van der Waals surface area contributed by atoms with Crippen molar-refractivity contribution in [1.82, 2.24) is 4.90 Å². The summed E-state index contributed by atoms with van der Waals surface area (Å²) in [6, 6.07) is 0. The molecule has 2 nitrogen and oxygen atoms in total. The van der Waals surface area contributed by atoms with Gasteiger partial charge in [-0.3, -0.25) is 4.90 Å². The van der Waals surface area contributed by atoms with Crippen molar-refractivity contribution >= 4 is 0 Å². The predicted molar refractivity (Wildman–Crippen MR) is 95.3 cm³/mol. The molecule has 4 unspecified atom stereocenters. The molecule has 2 heteroatoms. The van der Waals surface area contributed by atoms with Crippen LogP contribution < -0.4 is 0 Å². The second kappa shape index (κ2) is 8.68. The van der Waals surface area contributed by atoms with E-state index < -0.39 is 0 Å². The van der Waals surface area contributed by atoms with Gasteiger partial charge in [-0.1, -0.05) is 65.7 Å². The van der Waals surface area contributed by atoms with Crippen molar-refractivity contribution in [2.75, 3.05) is 13.1 Å². The fraction of sp³-hybridized carbons (Fsp3) is 1.00. The minimum Gasteiger partial charge on any atom is -0.372 e. The Morgan fingerprint density at radius 1 is 0.955 bits per heavy atom. The number of nitrogens with zero attached hydrogens (tertiary/aromatic N) is 1. The van der Waals surface area contributed by atoms with Gasteiger partial charge in [0, 0.05) is 18.6 Å². The van der Waals surface area contributed by atoms with Crippen molar-refractivity contribution in [3.8, 4) is 0 Å². The van der Waals surface area contributed by atoms with Gasteiger partial charge in [0.1, 0.15) is 0 Å². The molecule has 2 aliphatic heterocycles. The van der Waals surface area contributed by atoms with Crippen LogP contribution in [0.4, 0.5) is 0 Å². The fourth-order valence-corrected chi connectivity index (χ4v) is 4.45. The van der Waals surface area contributed by atoms with Crippen molar-refractivity contribution in [3.05, 3.63) is 0 Å². The second-order valence-corrected chi connectivity index (χ2v) is 8.18. The summed E-state index contributed by atoms with van der Waals surface area (Å²) in [6.07, 6.45) is 14.7. The molecular formula is C20H39NO. The lowest BCUT2D eigenvalue weighted by Crippen LogP contribution is -2.55. The van der Waals surface area contributed by atoms with E-state index in [1.165, 1.54) is 77.3 Å². The van der Waals surface area contributed by atoms with Crippen molar-refractivity contribution in [2.24, 2.45) is 5.92 Å². The number of ether oxygens (including phenoxy) is 1. The first-order valence-electron chi connectivity index (χ1n) is 9.99. The second-order valence-electron chi connectivity index (χ2n) is 8.18. The van der Waals surface area contributed by atoms with Crippen LogP contribution in [0.2, 0.25) is 0 Å². The highest BCUT2D eigenvalue weighted by molar-refractivity contribution is 4.96. The van der Waals surface area contributed by atoms with Crippen LogP contribution in [-0.2, 0) is 4.74 Å². The van der Waals surface area contributed by atoms with E-state index >= 15 is 0 Å². The molecule has 0 aliphatic carbocycles. The quantitative estimate of drug-likeness (QED) is 0.501. The van der Waals surface area contributed by atoms with E-state index in [-0.39, 0.29) is 0 Å². The molecule has 2 bridgehead atoms. The van der Waals surface area contributed by atoms with Crippen molar-refractivity contribution in [3.63, 3.8) is 0 Å². The minimum absolute atomic E-state index is 0.410. The maximum atomic E-state index is 6.16. The number of rotatable bonds is 10. The van der Waals surface area contributed by atoms with Gasteiger partial charge in [-0.15, -0.1) is 0 Å². The summed E-state index contributed by atoms with van der Waals surface area (Å²) in [5, 5.41) is 0.